The van der Waals surface area contributed by atoms with Crippen LogP contribution in [0.15, 0.2) is 46.9 Å². The van der Waals surface area contributed by atoms with Gasteiger partial charge in [0.2, 0.25) is 0 Å². The highest BCUT2D eigenvalue weighted by atomic mass is 79.9. The number of rotatable bonds is 3. The van der Waals surface area contributed by atoms with Crippen LogP contribution in [0.5, 0.6) is 5.75 Å². The van der Waals surface area contributed by atoms with Crippen molar-refractivity contribution in [1.82, 2.24) is 0 Å². The van der Waals surface area contributed by atoms with Crippen molar-refractivity contribution in [2.75, 3.05) is 0 Å². The molecule has 0 aliphatic heterocycles. The molecule has 4 heteroatoms. The van der Waals surface area contributed by atoms with Crippen molar-refractivity contribution in [3.05, 3.63) is 63.3 Å². The summed E-state index contributed by atoms with van der Waals surface area (Å²) in [5, 5.41) is 0.611. The van der Waals surface area contributed by atoms with E-state index < -0.39 is 0 Å². The number of hydrogen-bond acceptors (Lipinski definition) is 1. The lowest BCUT2D eigenvalue weighted by Gasteiger charge is -2.07. The molecule has 17 heavy (non-hydrogen) atoms. The normalized spacial score (nSPS) is 10.3. The molecule has 0 unspecified atom stereocenters. The Balaban J connectivity index is 2.08. The molecule has 0 saturated heterocycles. The van der Waals surface area contributed by atoms with Crippen LogP contribution in [0.3, 0.4) is 0 Å². The first-order chi connectivity index (χ1) is 8.16. The van der Waals surface area contributed by atoms with Gasteiger partial charge in [-0.25, -0.2) is 4.39 Å². The van der Waals surface area contributed by atoms with Crippen LogP contribution in [0.4, 0.5) is 4.39 Å². The average molecular weight is 316 g/mol. The molecule has 0 N–H and O–H groups in total. The molecule has 0 bridgehead atoms. The Bertz CT molecular complexity index is 531. The monoisotopic (exact) mass is 314 g/mol. The maximum atomic E-state index is 13.3. The second-order valence-corrected chi connectivity index (χ2v) is 4.73. The van der Waals surface area contributed by atoms with Gasteiger partial charge in [0, 0.05) is 4.47 Å². The quantitative estimate of drug-likeness (QED) is 0.789. The Morgan fingerprint density at radius 1 is 1.18 bits per heavy atom. The van der Waals surface area contributed by atoms with E-state index in [2.05, 4.69) is 15.9 Å². The molecule has 0 saturated carbocycles. The second kappa shape index (κ2) is 5.52. The van der Waals surface area contributed by atoms with Gasteiger partial charge in [0.25, 0.3) is 0 Å². The van der Waals surface area contributed by atoms with Gasteiger partial charge in [-0.2, -0.15) is 0 Å². The van der Waals surface area contributed by atoms with Gasteiger partial charge in [-0.15, -0.1) is 0 Å². The van der Waals surface area contributed by atoms with Gasteiger partial charge in [0.05, 0.1) is 5.02 Å². The highest BCUT2D eigenvalue weighted by Gasteiger charge is 2.03. The second-order valence-electron chi connectivity index (χ2n) is 3.47. The topological polar surface area (TPSA) is 9.23 Å². The highest BCUT2D eigenvalue weighted by molar-refractivity contribution is 9.10. The molecule has 0 spiro atoms. The van der Waals surface area contributed by atoms with Gasteiger partial charge >= 0.3 is 0 Å². The first-order valence-corrected chi connectivity index (χ1v) is 6.15. The van der Waals surface area contributed by atoms with Crippen molar-refractivity contribution in [2.45, 2.75) is 6.61 Å². The van der Waals surface area contributed by atoms with Gasteiger partial charge in [0.15, 0.2) is 11.6 Å². The lowest BCUT2D eigenvalue weighted by atomic mass is 10.2. The molecule has 0 radical (unpaired) electrons. The van der Waals surface area contributed by atoms with E-state index in [9.17, 15) is 4.39 Å². The minimum atomic E-state index is -0.365. The summed E-state index contributed by atoms with van der Waals surface area (Å²) in [5.74, 6) is -0.123. The number of benzene rings is 2. The van der Waals surface area contributed by atoms with Crippen LogP contribution in [0.1, 0.15) is 5.56 Å². The predicted molar refractivity (Wildman–Crippen MR) is 69.9 cm³/mol. The van der Waals surface area contributed by atoms with Gasteiger partial charge < -0.3 is 4.74 Å². The molecule has 0 atom stereocenters. The van der Waals surface area contributed by atoms with E-state index in [1.54, 1.807) is 24.3 Å². The summed E-state index contributed by atoms with van der Waals surface area (Å²) in [5.41, 5.74) is 0.890. The fourth-order valence-corrected chi connectivity index (χ4v) is 1.80. The molecule has 0 aromatic heterocycles. The maximum Gasteiger partial charge on any atom is 0.165 e. The lowest BCUT2D eigenvalue weighted by molar-refractivity contribution is 0.290. The van der Waals surface area contributed by atoms with Gasteiger partial charge in [-0.1, -0.05) is 29.8 Å². The number of para-hydroxylation sites is 1. The minimum Gasteiger partial charge on any atom is -0.486 e. The molecule has 0 heterocycles. The Hall–Kier alpha value is -1.06. The van der Waals surface area contributed by atoms with E-state index in [1.165, 1.54) is 6.07 Å². The van der Waals surface area contributed by atoms with E-state index in [-0.39, 0.29) is 18.2 Å². The van der Waals surface area contributed by atoms with E-state index in [1.807, 2.05) is 12.1 Å². The predicted octanol–water partition coefficient (Wildman–Crippen LogP) is 4.82. The zero-order valence-electron chi connectivity index (χ0n) is 8.79. The first kappa shape index (κ1) is 12.4. The molecule has 0 aliphatic rings. The summed E-state index contributed by atoms with van der Waals surface area (Å²) in [7, 11) is 0. The average Bonchev–Trinajstić information content (AvgIpc) is 2.32. The van der Waals surface area contributed by atoms with E-state index >= 15 is 0 Å². The zero-order chi connectivity index (χ0) is 12.3. The fourth-order valence-electron chi connectivity index (χ4n) is 1.35. The van der Waals surface area contributed by atoms with Crippen LogP contribution in [-0.2, 0) is 6.61 Å². The standard InChI is InChI=1S/C13H9BrClFO/c14-10-6-5-9(7-11(10)15)8-17-13-4-2-1-3-12(13)16/h1-7H,8H2. The van der Waals surface area contributed by atoms with Gasteiger partial charge in [-0.3, -0.25) is 0 Å². The minimum absolute atomic E-state index is 0.242. The van der Waals surface area contributed by atoms with Crippen molar-refractivity contribution >= 4 is 27.5 Å². The highest BCUT2D eigenvalue weighted by Crippen LogP contribution is 2.24. The number of halogens is 3. The molecular weight excluding hydrogens is 306 g/mol. The Morgan fingerprint density at radius 3 is 2.65 bits per heavy atom. The van der Waals surface area contributed by atoms with Crippen molar-refractivity contribution in [3.63, 3.8) is 0 Å². The van der Waals surface area contributed by atoms with E-state index in [0.29, 0.717) is 5.02 Å². The fraction of sp³-hybridized carbons (Fsp3) is 0.0769. The SMILES string of the molecule is Fc1ccccc1OCc1ccc(Br)c(Cl)c1. The van der Waals surface area contributed by atoms with Crippen molar-refractivity contribution in [2.24, 2.45) is 0 Å². The third kappa shape index (κ3) is 3.20. The Kier molecular flexibility index (Phi) is 4.02. The molecular formula is C13H9BrClFO. The van der Waals surface area contributed by atoms with Crippen LogP contribution in [0.2, 0.25) is 5.02 Å². The first-order valence-electron chi connectivity index (χ1n) is 4.98. The van der Waals surface area contributed by atoms with Crippen molar-refractivity contribution in [1.29, 1.82) is 0 Å². The molecule has 2 aromatic rings. The molecule has 0 aliphatic carbocycles. The van der Waals surface area contributed by atoms with Crippen molar-refractivity contribution < 1.29 is 9.13 Å². The van der Waals surface area contributed by atoms with Gasteiger partial charge in [-0.05, 0) is 45.8 Å². The van der Waals surface area contributed by atoms with Crippen LogP contribution in [-0.4, -0.2) is 0 Å². The summed E-state index contributed by atoms with van der Waals surface area (Å²) in [6.45, 7) is 0.286. The third-order valence-electron chi connectivity index (χ3n) is 2.22. The molecule has 2 rings (SSSR count). The molecule has 1 nitrogen and oxygen atoms in total. The van der Waals surface area contributed by atoms with E-state index in [0.717, 1.165) is 10.0 Å². The van der Waals surface area contributed by atoms with Crippen LogP contribution >= 0.6 is 27.5 Å². The van der Waals surface area contributed by atoms with Crippen LogP contribution in [0, 0.1) is 5.82 Å². The number of ether oxygens (including phenoxy) is 1. The summed E-state index contributed by atoms with van der Waals surface area (Å²) < 4.78 is 19.5. The summed E-state index contributed by atoms with van der Waals surface area (Å²) in [6.07, 6.45) is 0. The van der Waals surface area contributed by atoms with Gasteiger partial charge in [0.1, 0.15) is 6.61 Å². The molecule has 88 valence electrons. The molecule has 0 fully saturated rings. The van der Waals surface area contributed by atoms with E-state index in [4.69, 9.17) is 16.3 Å². The smallest absolute Gasteiger partial charge is 0.165 e. The lowest BCUT2D eigenvalue weighted by Crippen LogP contribution is -1.97. The Labute approximate surface area is 112 Å². The largest absolute Gasteiger partial charge is 0.486 e. The number of hydrogen-bond donors (Lipinski definition) is 0. The Morgan fingerprint density at radius 2 is 1.94 bits per heavy atom. The summed E-state index contributed by atoms with van der Waals surface area (Å²) in [4.78, 5) is 0. The third-order valence-corrected chi connectivity index (χ3v) is 3.45. The van der Waals surface area contributed by atoms with Crippen LogP contribution in [0.25, 0.3) is 0 Å². The summed E-state index contributed by atoms with van der Waals surface area (Å²) >= 11 is 9.25. The summed E-state index contributed by atoms with van der Waals surface area (Å²) in [6, 6.07) is 11.8. The molecule has 0 amide bonds. The van der Waals surface area contributed by atoms with Crippen LogP contribution < -0.4 is 4.74 Å². The molecule has 2 aromatic carbocycles. The zero-order valence-corrected chi connectivity index (χ0v) is 11.1. The van der Waals surface area contributed by atoms with Crippen molar-refractivity contribution in [3.8, 4) is 5.75 Å². The maximum absolute atomic E-state index is 13.3.